The molecule has 8 nitrogen and oxygen atoms in total. The molecular weight excluding hydrogens is 344 g/mol. The van der Waals surface area contributed by atoms with Crippen LogP contribution in [0.2, 0.25) is 0 Å². The van der Waals surface area contributed by atoms with Crippen molar-refractivity contribution in [2.24, 2.45) is 0 Å². The zero-order valence-electron chi connectivity index (χ0n) is 15.0. The summed E-state index contributed by atoms with van der Waals surface area (Å²) < 4.78 is 5.42. The van der Waals surface area contributed by atoms with Crippen LogP contribution >= 0.6 is 0 Å². The molecule has 1 amide bonds. The van der Waals surface area contributed by atoms with Crippen LogP contribution in [0.1, 0.15) is 40.7 Å². The minimum absolute atomic E-state index is 0.00925. The number of nitrogens with two attached hydrogens (primary N) is 1. The van der Waals surface area contributed by atoms with E-state index >= 15 is 0 Å². The van der Waals surface area contributed by atoms with Crippen LogP contribution in [-0.4, -0.2) is 44.1 Å². The standard InChI is InChI=1S/C19H20N6O2/c1-12-23-24-17(27-12)13-4-6-14(7-5-13)18(26)25-10-2-3-15(11-25)16-8-9-21-19(20)22-16/h4-9,15H,2-3,10-11H2,1H3,(H2,20,21,22). The van der Waals surface area contributed by atoms with Crippen molar-refractivity contribution >= 4 is 11.9 Å². The number of piperidine rings is 1. The zero-order valence-corrected chi connectivity index (χ0v) is 15.0. The van der Waals surface area contributed by atoms with Crippen molar-refractivity contribution in [3.8, 4) is 11.5 Å². The number of anilines is 1. The molecule has 0 radical (unpaired) electrons. The van der Waals surface area contributed by atoms with E-state index in [4.69, 9.17) is 10.2 Å². The molecule has 0 aliphatic carbocycles. The summed E-state index contributed by atoms with van der Waals surface area (Å²) in [6.45, 7) is 3.10. The molecule has 8 heteroatoms. The number of amides is 1. The highest BCUT2D eigenvalue weighted by Gasteiger charge is 2.26. The van der Waals surface area contributed by atoms with Crippen LogP contribution in [0.15, 0.2) is 40.9 Å². The molecule has 138 valence electrons. The molecule has 1 unspecified atom stereocenters. The van der Waals surface area contributed by atoms with Gasteiger partial charge in [0.1, 0.15) is 0 Å². The van der Waals surface area contributed by atoms with Gasteiger partial charge in [0.25, 0.3) is 5.91 Å². The normalized spacial score (nSPS) is 17.1. The predicted molar refractivity (Wildman–Crippen MR) is 98.8 cm³/mol. The van der Waals surface area contributed by atoms with Gasteiger partial charge in [-0.05, 0) is 43.2 Å². The maximum Gasteiger partial charge on any atom is 0.253 e. The minimum Gasteiger partial charge on any atom is -0.421 e. The van der Waals surface area contributed by atoms with Crippen molar-refractivity contribution in [3.63, 3.8) is 0 Å². The van der Waals surface area contributed by atoms with Gasteiger partial charge in [0.05, 0.1) is 5.69 Å². The van der Waals surface area contributed by atoms with Gasteiger partial charge in [0.2, 0.25) is 17.7 Å². The van der Waals surface area contributed by atoms with Crippen molar-refractivity contribution in [3.05, 3.63) is 53.7 Å². The molecule has 1 saturated heterocycles. The molecule has 0 spiro atoms. The van der Waals surface area contributed by atoms with Gasteiger partial charge < -0.3 is 15.1 Å². The van der Waals surface area contributed by atoms with E-state index in [1.807, 2.05) is 23.1 Å². The predicted octanol–water partition coefficient (Wildman–Crippen LogP) is 2.44. The van der Waals surface area contributed by atoms with E-state index in [9.17, 15) is 4.79 Å². The van der Waals surface area contributed by atoms with Gasteiger partial charge >= 0.3 is 0 Å². The van der Waals surface area contributed by atoms with E-state index in [0.29, 0.717) is 23.9 Å². The lowest BCUT2D eigenvalue weighted by Gasteiger charge is -2.32. The van der Waals surface area contributed by atoms with Crippen LogP contribution in [0.4, 0.5) is 5.95 Å². The van der Waals surface area contributed by atoms with Gasteiger partial charge in [-0.2, -0.15) is 0 Å². The molecule has 2 aromatic heterocycles. The van der Waals surface area contributed by atoms with Gasteiger partial charge in [-0.3, -0.25) is 4.79 Å². The molecule has 3 heterocycles. The zero-order chi connectivity index (χ0) is 18.8. The number of rotatable bonds is 3. The summed E-state index contributed by atoms with van der Waals surface area (Å²) in [4.78, 5) is 23.0. The molecule has 1 aromatic carbocycles. The first-order valence-electron chi connectivity index (χ1n) is 8.88. The molecule has 27 heavy (non-hydrogen) atoms. The van der Waals surface area contributed by atoms with Crippen LogP contribution in [0, 0.1) is 6.92 Å². The summed E-state index contributed by atoms with van der Waals surface area (Å²) >= 11 is 0. The number of aromatic nitrogens is 4. The summed E-state index contributed by atoms with van der Waals surface area (Å²) in [5, 5.41) is 7.82. The van der Waals surface area contributed by atoms with Crippen molar-refractivity contribution in [1.29, 1.82) is 0 Å². The Hall–Kier alpha value is -3.29. The van der Waals surface area contributed by atoms with E-state index in [0.717, 1.165) is 30.6 Å². The van der Waals surface area contributed by atoms with Crippen molar-refractivity contribution in [2.45, 2.75) is 25.7 Å². The number of likely N-dealkylation sites (tertiary alicyclic amines) is 1. The number of nitrogen functional groups attached to an aromatic ring is 1. The van der Waals surface area contributed by atoms with Gasteiger partial charge in [0.15, 0.2) is 0 Å². The Morgan fingerprint density at radius 3 is 2.74 bits per heavy atom. The maximum atomic E-state index is 12.9. The van der Waals surface area contributed by atoms with Crippen molar-refractivity contribution < 1.29 is 9.21 Å². The van der Waals surface area contributed by atoms with Gasteiger partial charge in [-0.25, -0.2) is 9.97 Å². The Labute approximate surface area is 156 Å². The Kier molecular flexibility index (Phi) is 4.53. The number of nitrogens with zero attached hydrogens (tertiary/aromatic N) is 5. The second-order valence-corrected chi connectivity index (χ2v) is 6.63. The lowest BCUT2D eigenvalue weighted by Crippen LogP contribution is -2.39. The molecule has 1 aliphatic rings. The first-order valence-corrected chi connectivity index (χ1v) is 8.88. The highest BCUT2D eigenvalue weighted by atomic mass is 16.4. The quantitative estimate of drug-likeness (QED) is 0.760. The summed E-state index contributed by atoms with van der Waals surface area (Å²) in [7, 11) is 0. The third-order valence-electron chi connectivity index (χ3n) is 4.73. The highest BCUT2D eigenvalue weighted by Crippen LogP contribution is 2.27. The fraction of sp³-hybridized carbons (Fsp3) is 0.316. The molecule has 4 rings (SSSR count). The first-order chi connectivity index (χ1) is 13.1. The van der Waals surface area contributed by atoms with E-state index in [1.54, 1.807) is 25.3 Å². The number of hydrogen-bond acceptors (Lipinski definition) is 7. The number of aryl methyl sites for hydroxylation is 1. The third kappa shape index (κ3) is 3.64. The molecule has 0 saturated carbocycles. The topological polar surface area (TPSA) is 111 Å². The smallest absolute Gasteiger partial charge is 0.253 e. The molecule has 2 N–H and O–H groups in total. The number of benzene rings is 1. The van der Waals surface area contributed by atoms with Gasteiger partial charge in [-0.1, -0.05) is 0 Å². The van der Waals surface area contributed by atoms with E-state index < -0.39 is 0 Å². The average Bonchev–Trinajstić information content (AvgIpc) is 3.14. The molecule has 3 aromatic rings. The minimum atomic E-state index is 0.00925. The van der Waals surface area contributed by atoms with Crippen molar-refractivity contribution in [2.75, 3.05) is 18.8 Å². The average molecular weight is 364 g/mol. The second-order valence-electron chi connectivity index (χ2n) is 6.63. The molecule has 1 atom stereocenters. The van der Waals surface area contributed by atoms with Crippen LogP contribution in [0.25, 0.3) is 11.5 Å². The van der Waals surface area contributed by atoms with Gasteiger partial charge in [-0.15, -0.1) is 10.2 Å². The summed E-state index contributed by atoms with van der Waals surface area (Å²) in [5.74, 6) is 1.41. The van der Waals surface area contributed by atoms with Crippen LogP contribution < -0.4 is 5.73 Å². The Morgan fingerprint density at radius 1 is 1.22 bits per heavy atom. The number of carbonyl (C=O) groups is 1. The maximum absolute atomic E-state index is 12.9. The van der Waals surface area contributed by atoms with Crippen LogP contribution in [0.5, 0.6) is 0 Å². The molecule has 1 fully saturated rings. The van der Waals surface area contributed by atoms with E-state index in [1.165, 1.54) is 0 Å². The fourth-order valence-corrected chi connectivity index (χ4v) is 3.37. The fourth-order valence-electron chi connectivity index (χ4n) is 3.37. The Bertz CT molecular complexity index is 953. The second kappa shape index (κ2) is 7.14. The van der Waals surface area contributed by atoms with E-state index in [2.05, 4.69) is 20.2 Å². The number of carbonyl (C=O) groups excluding carboxylic acids is 1. The lowest BCUT2D eigenvalue weighted by molar-refractivity contribution is 0.0706. The van der Waals surface area contributed by atoms with Crippen molar-refractivity contribution in [1.82, 2.24) is 25.1 Å². The highest BCUT2D eigenvalue weighted by molar-refractivity contribution is 5.94. The molecule has 0 bridgehead atoms. The summed E-state index contributed by atoms with van der Waals surface area (Å²) in [6, 6.07) is 9.11. The largest absolute Gasteiger partial charge is 0.421 e. The Morgan fingerprint density at radius 2 is 2.04 bits per heavy atom. The van der Waals surface area contributed by atoms with Gasteiger partial charge in [0, 0.05) is 43.3 Å². The summed E-state index contributed by atoms with van der Waals surface area (Å²) in [6.07, 6.45) is 3.58. The molecule has 1 aliphatic heterocycles. The van der Waals surface area contributed by atoms with Crippen LogP contribution in [0.3, 0.4) is 0 Å². The monoisotopic (exact) mass is 364 g/mol. The van der Waals surface area contributed by atoms with E-state index in [-0.39, 0.29) is 17.8 Å². The lowest BCUT2D eigenvalue weighted by atomic mass is 9.94. The SMILES string of the molecule is Cc1nnc(-c2ccc(C(=O)N3CCCC(c4ccnc(N)n4)C3)cc2)o1. The van der Waals surface area contributed by atoms with Crippen LogP contribution in [-0.2, 0) is 0 Å². The third-order valence-corrected chi connectivity index (χ3v) is 4.73. The molecular formula is C19H20N6O2. The number of hydrogen-bond donors (Lipinski definition) is 1. The Balaban J connectivity index is 1.48. The first kappa shape index (κ1) is 17.1. The summed E-state index contributed by atoms with van der Waals surface area (Å²) in [5.41, 5.74) is 8.01.